The first-order valence-corrected chi connectivity index (χ1v) is 15.1. The Balaban J connectivity index is 1.54. The van der Waals surface area contributed by atoms with Gasteiger partial charge in [-0.3, -0.25) is 14.6 Å². The lowest BCUT2D eigenvalue weighted by molar-refractivity contribution is 0.0283. The van der Waals surface area contributed by atoms with E-state index in [1.807, 2.05) is 6.07 Å². The van der Waals surface area contributed by atoms with E-state index >= 15 is 0 Å². The number of halogens is 2. The van der Waals surface area contributed by atoms with Crippen LogP contribution in [0, 0.1) is 11.3 Å². The van der Waals surface area contributed by atoms with E-state index in [1.54, 1.807) is 48.3 Å². The van der Waals surface area contributed by atoms with E-state index in [4.69, 9.17) is 48.2 Å². The lowest BCUT2D eigenvalue weighted by atomic mass is 9.81. The number of ketones is 1. The summed E-state index contributed by atoms with van der Waals surface area (Å²) in [5.74, 6) is 0.172. The van der Waals surface area contributed by atoms with Gasteiger partial charge in [0, 0.05) is 63.3 Å². The van der Waals surface area contributed by atoms with Crippen molar-refractivity contribution in [2.75, 3.05) is 20.3 Å². The minimum absolute atomic E-state index is 0.0204. The summed E-state index contributed by atoms with van der Waals surface area (Å²) in [5.41, 5.74) is 10.0. The van der Waals surface area contributed by atoms with Gasteiger partial charge in [-0.25, -0.2) is 4.68 Å². The number of carbonyl (C=O) groups is 2. The highest BCUT2D eigenvalue weighted by Crippen LogP contribution is 2.47. The van der Waals surface area contributed by atoms with E-state index in [-0.39, 0.29) is 29.3 Å². The quantitative estimate of drug-likeness (QED) is 0.228. The maximum absolute atomic E-state index is 14.2. The van der Waals surface area contributed by atoms with Crippen LogP contribution < -0.4 is 15.2 Å². The van der Waals surface area contributed by atoms with E-state index in [2.05, 4.69) is 18.8 Å². The molecule has 0 bridgehead atoms. The molecule has 1 atom stereocenters. The Labute approximate surface area is 265 Å². The number of rotatable bonds is 6. The second-order valence-corrected chi connectivity index (χ2v) is 12.9. The van der Waals surface area contributed by atoms with Gasteiger partial charge in [-0.05, 0) is 55.0 Å². The normalized spacial score (nSPS) is 17.4. The van der Waals surface area contributed by atoms with Gasteiger partial charge in [0.05, 0.1) is 30.7 Å². The SMILES string of the molecule is COc1cc2c(cc1-c1cncc(C(N)=O)c1)-c1c(c(C(=O)C3CCOCC(C)(C)CC3)nn1-c1cc(Cl)cc(Cl)c1)CO2. The van der Waals surface area contributed by atoms with Crippen molar-refractivity contribution in [1.82, 2.24) is 14.8 Å². The molecule has 2 aliphatic rings. The molecule has 1 unspecified atom stereocenters. The molecule has 0 spiro atoms. The zero-order chi connectivity index (χ0) is 31.2. The summed E-state index contributed by atoms with van der Waals surface area (Å²) in [7, 11) is 1.56. The minimum Gasteiger partial charge on any atom is -0.496 e. The third kappa shape index (κ3) is 5.79. The zero-order valence-electron chi connectivity index (χ0n) is 24.7. The van der Waals surface area contributed by atoms with E-state index in [9.17, 15) is 9.59 Å². The van der Waals surface area contributed by atoms with Crippen molar-refractivity contribution in [3.8, 4) is 39.6 Å². The summed E-state index contributed by atoms with van der Waals surface area (Å²) in [6, 6.07) is 10.5. The highest BCUT2D eigenvalue weighted by atomic mass is 35.5. The molecule has 1 saturated heterocycles. The van der Waals surface area contributed by atoms with Crippen LogP contribution in [-0.4, -0.2) is 46.8 Å². The van der Waals surface area contributed by atoms with E-state index in [0.717, 1.165) is 12.8 Å². The fourth-order valence-corrected chi connectivity index (χ4v) is 6.37. The van der Waals surface area contributed by atoms with E-state index in [0.29, 0.717) is 80.5 Å². The summed E-state index contributed by atoms with van der Waals surface area (Å²) in [6.45, 7) is 5.62. The molecule has 4 aromatic rings. The molecule has 1 amide bonds. The second kappa shape index (κ2) is 11.9. The highest BCUT2D eigenvalue weighted by molar-refractivity contribution is 6.34. The summed E-state index contributed by atoms with van der Waals surface area (Å²) in [5, 5.41) is 5.78. The van der Waals surface area contributed by atoms with Gasteiger partial charge in [0.25, 0.3) is 0 Å². The first kappa shape index (κ1) is 30.1. The molecule has 228 valence electrons. The lowest BCUT2D eigenvalue weighted by Gasteiger charge is -2.29. The standard InChI is InChI=1S/C33H32Cl2N4O5/c1-33(2)6-4-18(5-7-43-17-33)31(40)29-26-16-44-28-13-27(42-3)24(19-8-20(32(36)41)15-37-14-19)12-25(28)30(26)39(38-29)23-10-21(34)9-22(35)11-23/h8-15,18H,4-7,16-17H2,1-3H3,(H2,36,41). The van der Waals surface area contributed by atoms with Gasteiger partial charge in [0.1, 0.15) is 23.8 Å². The van der Waals surface area contributed by atoms with Crippen LogP contribution in [0.25, 0.3) is 28.1 Å². The Morgan fingerprint density at radius 3 is 2.55 bits per heavy atom. The predicted octanol–water partition coefficient (Wildman–Crippen LogP) is 6.93. The molecule has 44 heavy (non-hydrogen) atoms. The van der Waals surface area contributed by atoms with Crippen LogP contribution in [0.4, 0.5) is 0 Å². The lowest BCUT2D eigenvalue weighted by Crippen LogP contribution is -2.28. The van der Waals surface area contributed by atoms with Gasteiger partial charge in [0.2, 0.25) is 5.91 Å². The average molecular weight is 636 g/mol. The molecule has 2 N–H and O–H groups in total. The molecule has 2 aromatic carbocycles. The van der Waals surface area contributed by atoms with Crippen LogP contribution in [-0.2, 0) is 11.3 Å². The van der Waals surface area contributed by atoms with Crippen molar-refractivity contribution >= 4 is 34.9 Å². The number of pyridine rings is 1. The van der Waals surface area contributed by atoms with Gasteiger partial charge in [-0.15, -0.1) is 0 Å². The highest BCUT2D eigenvalue weighted by Gasteiger charge is 2.35. The predicted molar refractivity (Wildman–Crippen MR) is 168 cm³/mol. The van der Waals surface area contributed by atoms with E-state index < -0.39 is 5.91 Å². The summed E-state index contributed by atoms with van der Waals surface area (Å²) in [4.78, 5) is 30.4. The molecule has 1 fully saturated rings. The molecule has 6 rings (SSSR count). The number of methoxy groups -OCH3 is 1. The molecule has 4 heterocycles. The Bertz CT molecular complexity index is 1760. The van der Waals surface area contributed by atoms with Crippen molar-refractivity contribution < 1.29 is 23.8 Å². The number of nitrogens with zero attached hydrogens (tertiary/aromatic N) is 3. The number of primary amides is 1. The van der Waals surface area contributed by atoms with Gasteiger partial charge in [-0.2, -0.15) is 5.10 Å². The maximum Gasteiger partial charge on any atom is 0.250 e. The van der Waals surface area contributed by atoms with Crippen molar-refractivity contribution in [2.24, 2.45) is 17.1 Å². The van der Waals surface area contributed by atoms with Crippen LogP contribution in [0.2, 0.25) is 10.0 Å². The maximum atomic E-state index is 14.2. The molecule has 2 aliphatic heterocycles. The largest absolute Gasteiger partial charge is 0.496 e. The number of benzene rings is 2. The van der Waals surface area contributed by atoms with Crippen LogP contribution in [0.3, 0.4) is 0 Å². The Hall–Kier alpha value is -3.92. The van der Waals surface area contributed by atoms with Gasteiger partial charge in [0.15, 0.2) is 5.78 Å². The monoisotopic (exact) mass is 634 g/mol. The molecule has 11 heteroatoms. The first-order valence-electron chi connectivity index (χ1n) is 14.4. The number of carbonyl (C=O) groups excluding carboxylic acids is 2. The minimum atomic E-state index is -0.594. The molecule has 0 aliphatic carbocycles. The Kier molecular flexibility index (Phi) is 8.13. The number of ether oxygens (including phenoxy) is 3. The number of Topliss-reactive ketones (excluding diaryl/α,β-unsaturated/α-hetero) is 1. The molecule has 9 nitrogen and oxygen atoms in total. The van der Waals surface area contributed by atoms with Crippen LogP contribution >= 0.6 is 23.2 Å². The topological polar surface area (TPSA) is 119 Å². The van der Waals surface area contributed by atoms with Crippen LogP contribution in [0.15, 0.2) is 48.8 Å². The van der Waals surface area contributed by atoms with Gasteiger partial charge < -0.3 is 19.9 Å². The van der Waals surface area contributed by atoms with E-state index in [1.165, 1.54) is 6.20 Å². The fraction of sp³-hybridized carbons (Fsp3) is 0.333. The van der Waals surface area contributed by atoms with Crippen molar-refractivity contribution in [2.45, 2.75) is 39.7 Å². The fourth-order valence-electron chi connectivity index (χ4n) is 5.85. The molecular formula is C33H32Cl2N4O5. The number of nitrogens with two attached hydrogens (primary N) is 1. The Morgan fingerprint density at radius 2 is 1.82 bits per heavy atom. The molecule has 2 aromatic heterocycles. The van der Waals surface area contributed by atoms with Crippen molar-refractivity contribution in [1.29, 1.82) is 0 Å². The van der Waals surface area contributed by atoms with Crippen LogP contribution in [0.5, 0.6) is 11.5 Å². The van der Waals surface area contributed by atoms with Crippen molar-refractivity contribution in [3.05, 3.63) is 75.7 Å². The summed E-state index contributed by atoms with van der Waals surface area (Å²) in [6.07, 6.45) is 5.25. The number of hydrogen-bond acceptors (Lipinski definition) is 7. The first-order chi connectivity index (χ1) is 21.0. The van der Waals surface area contributed by atoms with Crippen LogP contribution in [0.1, 0.15) is 59.5 Å². The van der Waals surface area contributed by atoms with Crippen molar-refractivity contribution in [3.63, 3.8) is 0 Å². The molecular weight excluding hydrogens is 603 g/mol. The molecule has 0 radical (unpaired) electrons. The summed E-state index contributed by atoms with van der Waals surface area (Å²) >= 11 is 12.9. The number of amides is 1. The third-order valence-electron chi connectivity index (χ3n) is 8.22. The van der Waals surface area contributed by atoms with Gasteiger partial charge >= 0.3 is 0 Å². The van der Waals surface area contributed by atoms with Gasteiger partial charge in [-0.1, -0.05) is 37.0 Å². The number of fused-ring (bicyclic) bond motifs is 3. The number of aromatic nitrogens is 3. The second-order valence-electron chi connectivity index (χ2n) is 12.0. The Morgan fingerprint density at radius 1 is 1.05 bits per heavy atom. The third-order valence-corrected chi connectivity index (χ3v) is 8.65. The molecule has 0 saturated carbocycles. The zero-order valence-corrected chi connectivity index (χ0v) is 26.2. The number of hydrogen-bond donors (Lipinski definition) is 1. The smallest absolute Gasteiger partial charge is 0.250 e. The summed E-state index contributed by atoms with van der Waals surface area (Å²) < 4.78 is 19.6. The average Bonchev–Trinajstić information content (AvgIpc) is 3.38.